The van der Waals surface area contributed by atoms with Crippen molar-refractivity contribution in [3.63, 3.8) is 0 Å². The van der Waals surface area contributed by atoms with Crippen molar-refractivity contribution in [2.24, 2.45) is 0 Å². The molecule has 2 N–H and O–H groups in total. The van der Waals surface area contributed by atoms with Gasteiger partial charge in [-0.1, -0.05) is 6.92 Å². The van der Waals surface area contributed by atoms with Crippen LogP contribution in [0.25, 0.3) is 0 Å². The highest BCUT2D eigenvalue weighted by molar-refractivity contribution is 5.85. The summed E-state index contributed by atoms with van der Waals surface area (Å²) in [6.07, 6.45) is 2.33. The number of carboxylic acids is 1. The van der Waals surface area contributed by atoms with Crippen molar-refractivity contribution >= 4 is 11.9 Å². The first-order chi connectivity index (χ1) is 7.16. The zero-order valence-corrected chi connectivity index (χ0v) is 9.03. The van der Waals surface area contributed by atoms with Crippen LogP contribution in [0.5, 0.6) is 0 Å². The number of likely N-dealkylation sites (tertiary alicyclic amines) is 1. The van der Waals surface area contributed by atoms with Crippen LogP contribution in [0, 0.1) is 0 Å². The average molecular weight is 214 g/mol. The molecule has 1 heterocycles. The highest BCUT2D eigenvalue weighted by Crippen LogP contribution is 2.16. The van der Waals surface area contributed by atoms with Crippen LogP contribution in [0.15, 0.2) is 0 Å². The van der Waals surface area contributed by atoms with Crippen LogP contribution in [-0.2, 0) is 9.59 Å². The van der Waals surface area contributed by atoms with Crippen molar-refractivity contribution in [2.45, 2.75) is 32.2 Å². The van der Waals surface area contributed by atoms with Gasteiger partial charge in [0.2, 0.25) is 5.91 Å². The lowest BCUT2D eigenvalue weighted by Gasteiger charge is -2.21. The highest BCUT2D eigenvalue weighted by atomic mass is 16.4. The molecule has 0 radical (unpaired) electrons. The summed E-state index contributed by atoms with van der Waals surface area (Å²) in [5, 5.41) is 11.9. The minimum Gasteiger partial charge on any atom is -0.480 e. The van der Waals surface area contributed by atoms with Gasteiger partial charge >= 0.3 is 5.97 Å². The molecular formula is C10H18N2O3. The summed E-state index contributed by atoms with van der Waals surface area (Å²) < 4.78 is 0. The maximum atomic E-state index is 11.6. The van der Waals surface area contributed by atoms with E-state index in [1.54, 1.807) is 0 Å². The Bertz CT molecular complexity index is 243. The second kappa shape index (κ2) is 5.70. The van der Waals surface area contributed by atoms with Crippen LogP contribution in [0.4, 0.5) is 0 Å². The van der Waals surface area contributed by atoms with Crippen LogP contribution in [-0.4, -0.2) is 47.6 Å². The first-order valence-corrected chi connectivity index (χ1v) is 5.39. The molecule has 0 spiro atoms. The first-order valence-electron chi connectivity index (χ1n) is 5.39. The van der Waals surface area contributed by atoms with Gasteiger partial charge in [-0.15, -0.1) is 0 Å². The first kappa shape index (κ1) is 12.0. The zero-order chi connectivity index (χ0) is 11.3. The van der Waals surface area contributed by atoms with Gasteiger partial charge in [0.05, 0.1) is 6.54 Å². The van der Waals surface area contributed by atoms with E-state index in [9.17, 15) is 9.59 Å². The number of rotatable bonds is 5. The van der Waals surface area contributed by atoms with E-state index in [-0.39, 0.29) is 12.5 Å². The van der Waals surface area contributed by atoms with Gasteiger partial charge in [0.25, 0.3) is 0 Å². The maximum Gasteiger partial charge on any atom is 0.326 e. The number of carbonyl (C=O) groups is 2. The van der Waals surface area contributed by atoms with E-state index in [0.29, 0.717) is 13.0 Å². The number of carboxylic acid groups (broad SMARTS) is 1. The molecule has 86 valence electrons. The van der Waals surface area contributed by atoms with Crippen molar-refractivity contribution in [3.05, 3.63) is 0 Å². The van der Waals surface area contributed by atoms with Gasteiger partial charge in [0.15, 0.2) is 0 Å². The predicted molar refractivity (Wildman–Crippen MR) is 55.5 cm³/mol. The van der Waals surface area contributed by atoms with E-state index in [2.05, 4.69) is 5.32 Å². The summed E-state index contributed by atoms with van der Waals surface area (Å²) in [6.45, 7) is 3.63. The van der Waals surface area contributed by atoms with Gasteiger partial charge < -0.3 is 15.3 Å². The summed E-state index contributed by atoms with van der Waals surface area (Å²) in [4.78, 5) is 23.9. The van der Waals surface area contributed by atoms with E-state index in [1.165, 1.54) is 4.90 Å². The van der Waals surface area contributed by atoms with Gasteiger partial charge in [0, 0.05) is 6.54 Å². The molecule has 0 aromatic rings. The molecule has 5 heteroatoms. The molecule has 5 nitrogen and oxygen atoms in total. The largest absolute Gasteiger partial charge is 0.480 e. The lowest BCUT2D eigenvalue weighted by atomic mass is 10.2. The number of aliphatic carboxylic acids is 1. The van der Waals surface area contributed by atoms with E-state index in [0.717, 1.165) is 19.4 Å². The van der Waals surface area contributed by atoms with Crippen LogP contribution in [0.2, 0.25) is 0 Å². The average Bonchev–Trinajstić information content (AvgIpc) is 2.66. The van der Waals surface area contributed by atoms with Crippen molar-refractivity contribution in [3.8, 4) is 0 Å². The molecule has 15 heavy (non-hydrogen) atoms. The molecule has 1 fully saturated rings. The van der Waals surface area contributed by atoms with Gasteiger partial charge in [0.1, 0.15) is 6.04 Å². The van der Waals surface area contributed by atoms with E-state index < -0.39 is 12.0 Å². The molecule has 1 aliphatic rings. The van der Waals surface area contributed by atoms with Gasteiger partial charge in [-0.25, -0.2) is 4.79 Å². The Kier molecular flexibility index (Phi) is 4.55. The van der Waals surface area contributed by atoms with Gasteiger partial charge in [-0.2, -0.15) is 0 Å². The standard InChI is InChI=1S/C10H18N2O3/c1-2-5-11-7-9(13)12-6-3-4-8(12)10(14)15/h8,11H,2-7H2,1H3,(H,14,15)/t8-/m1/s1. The predicted octanol–water partition coefficient (Wildman–Crippen LogP) is 0.0616. The Hall–Kier alpha value is -1.10. The van der Waals surface area contributed by atoms with Gasteiger partial charge in [-0.3, -0.25) is 4.79 Å². The molecule has 0 bridgehead atoms. The Morgan fingerprint density at radius 1 is 1.53 bits per heavy atom. The Morgan fingerprint density at radius 3 is 2.87 bits per heavy atom. The Morgan fingerprint density at radius 2 is 2.27 bits per heavy atom. The SMILES string of the molecule is CCCNCC(=O)N1CCC[C@@H]1C(=O)O. The fourth-order valence-electron chi connectivity index (χ4n) is 1.80. The summed E-state index contributed by atoms with van der Waals surface area (Å²) in [5.74, 6) is -0.996. The Balaban J connectivity index is 2.40. The minimum atomic E-state index is -0.892. The second-order valence-corrected chi connectivity index (χ2v) is 3.76. The van der Waals surface area contributed by atoms with Crippen molar-refractivity contribution in [1.29, 1.82) is 0 Å². The summed E-state index contributed by atoms with van der Waals surface area (Å²) >= 11 is 0. The number of amides is 1. The number of nitrogens with one attached hydrogen (secondary N) is 1. The number of carbonyl (C=O) groups excluding carboxylic acids is 1. The lowest BCUT2D eigenvalue weighted by molar-refractivity contribution is -0.147. The normalized spacial score (nSPS) is 20.6. The second-order valence-electron chi connectivity index (χ2n) is 3.76. The topological polar surface area (TPSA) is 69.6 Å². The quantitative estimate of drug-likeness (QED) is 0.635. The fourth-order valence-corrected chi connectivity index (χ4v) is 1.80. The third kappa shape index (κ3) is 3.20. The zero-order valence-electron chi connectivity index (χ0n) is 9.03. The molecule has 1 atom stereocenters. The van der Waals surface area contributed by atoms with Crippen molar-refractivity contribution < 1.29 is 14.7 Å². The monoisotopic (exact) mass is 214 g/mol. The number of nitrogens with zero attached hydrogens (tertiary/aromatic N) is 1. The Labute approximate surface area is 89.4 Å². The minimum absolute atomic E-state index is 0.103. The number of hydrogen-bond acceptors (Lipinski definition) is 3. The molecule has 1 amide bonds. The molecule has 0 aromatic heterocycles. The number of hydrogen-bond donors (Lipinski definition) is 2. The molecule has 1 rings (SSSR count). The molecule has 1 aliphatic heterocycles. The molecule has 0 aliphatic carbocycles. The molecule has 0 aromatic carbocycles. The third-order valence-corrected chi connectivity index (χ3v) is 2.56. The van der Waals surface area contributed by atoms with Crippen molar-refractivity contribution in [1.82, 2.24) is 10.2 Å². The van der Waals surface area contributed by atoms with Crippen molar-refractivity contribution in [2.75, 3.05) is 19.6 Å². The molecule has 1 saturated heterocycles. The van der Waals surface area contributed by atoms with Crippen LogP contribution in [0.3, 0.4) is 0 Å². The van der Waals surface area contributed by atoms with E-state index >= 15 is 0 Å². The summed E-state index contributed by atoms with van der Waals surface area (Å²) in [7, 11) is 0. The summed E-state index contributed by atoms with van der Waals surface area (Å²) in [6, 6.07) is -0.610. The smallest absolute Gasteiger partial charge is 0.326 e. The lowest BCUT2D eigenvalue weighted by Crippen LogP contribution is -2.44. The molecule has 0 saturated carbocycles. The third-order valence-electron chi connectivity index (χ3n) is 2.56. The summed E-state index contributed by atoms with van der Waals surface area (Å²) in [5.41, 5.74) is 0. The van der Waals surface area contributed by atoms with Crippen LogP contribution >= 0.6 is 0 Å². The van der Waals surface area contributed by atoms with Crippen LogP contribution in [0.1, 0.15) is 26.2 Å². The fraction of sp³-hybridized carbons (Fsp3) is 0.800. The van der Waals surface area contributed by atoms with E-state index in [1.807, 2.05) is 6.92 Å². The van der Waals surface area contributed by atoms with Gasteiger partial charge in [-0.05, 0) is 25.8 Å². The molecule has 0 unspecified atom stereocenters. The maximum absolute atomic E-state index is 11.6. The van der Waals surface area contributed by atoms with Crippen LogP contribution < -0.4 is 5.32 Å². The molecular weight excluding hydrogens is 196 g/mol. The highest BCUT2D eigenvalue weighted by Gasteiger charge is 2.33. The van der Waals surface area contributed by atoms with E-state index in [4.69, 9.17) is 5.11 Å².